The quantitative estimate of drug-likeness (QED) is 0.408. The molecule has 0 aliphatic rings. The van der Waals surface area contributed by atoms with Crippen LogP contribution in [0.4, 0.5) is 14.5 Å². The predicted octanol–water partition coefficient (Wildman–Crippen LogP) is 5.06. The minimum atomic E-state index is -0.363. The van der Waals surface area contributed by atoms with E-state index in [2.05, 4.69) is 10.4 Å². The summed E-state index contributed by atoms with van der Waals surface area (Å²) in [5.74, 6) is -1.02. The van der Waals surface area contributed by atoms with Gasteiger partial charge in [-0.3, -0.25) is 9.48 Å². The molecule has 2 aromatic carbocycles. The van der Waals surface area contributed by atoms with E-state index in [1.54, 1.807) is 64.2 Å². The Balaban J connectivity index is 1.38. The number of nitrogens with one attached hydrogen (secondary N) is 1. The summed E-state index contributed by atoms with van der Waals surface area (Å²) in [6.45, 7) is 0.543. The number of benzene rings is 2. The van der Waals surface area contributed by atoms with Gasteiger partial charge < -0.3 is 14.3 Å². The molecule has 0 atom stereocenters. The van der Waals surface area contributed by atoms with Gasteiger partial charge in [0.15, 0.2) is 5.58 Å². The van der Waals surface area contributed by atoms with Crippen LogP contribution in [0.3, 0.4) is 0 Å². The van der Waals surface area contributed by atoms with Gasteiger partial charge in [-0.1, -0.05) is 30.3 Å². The first kappa shape index (κ1) is 19.7. The van der Waals surface area contributed by atoms with Crippen LogP contribution in [-0.2, 0) is 13.1 Å². The van der Waals surface area contributed by atoms with Gasteiger partial charge in [-0.25, -0.2) is 8.78 Å². The van der Waals surface area contributed by atoms with Crippen LogP contribution in [0.25, 0.3) is 11.1 Å². The number of anilines is 1. The van der Waals surface area contributed by atoms with Crippen LogP contribution in [0.1, 0.15) is 21.6 Å². The first-order valence-electron chi connectivity index (χ1n) is 9.95. The molecule has 3 heterocycles. The Bertz CT molecular complexity index is 1420. The van der Waals surface area contributed by atoms with Crippen LogP contribution >= 0.6 is 0 Å². The van der Waals surface area contributed by atoms with Crippen molar-refractivity contribution in [2.24, 2.45) is 0 Å². The van der Waals surface area contributed by atoms with Crippen LogP contribution in [-0.4, -0.2) is 20.3 Å². The fourth-order valence-corrected chi connectivity index (χ4v) is 3.66. The summed E-state index contributed by atoms with van der Waals surface area (Å²) >= 11 is 0. The predicted molar refractivity (Wildman–Crippen MR) is 115 cm³/mol. The number of aromatic nitrogens is 3. The fraction of sp³-hybridized carbons (Fsp3) is 0.0833. The molecule has 0 saturated carbocycles. The van der Waals surface area contributed by atoms with Crippen molar-refractivity contribution >= 4 is 22.7 Å². The zero-order valence-corrected chi connectivity index (χ0v) is 16.8. The second kappa shape index (κ2) is 8.14. The lowest BCUT2D eigenvalue weighted by atomic mass is 10.2. The zero-order chi connectivity index (χ0) is 22.1. The molecule has 5 rings (SSSR count). The molecule has 0 spiro atoms. The number of nitrogens with zero attached hydrogens (tertiary/aromatic N) is 3. The van der Waals surface area contributed by atoms with Crippen molar-refractivity contribution in [3.63, 3.8) is 0 Å². The van der Waals surface area contributed by atoms with E-state index in [4.69, 9.17) is 4.42 Å². The summed E-state index contributed by atoms with van der Waals surface area (Å²) in [5.41, 5.74) is 3.34. The van der Waals surface area contributed by atoms with E-state index >= 15 is 0 Å². The lowest BCUT2D eigenvalue weighted by Crippen LogP contribution is -2.17. The van der Waals surface area contributed by atoms with Crippen molar-refractivity contribution < 1.29 is 18.0 Å². The summed E-state index contributed by atoms with van der Waals surface area (Å²) in [7, 11) is 0. The van der Waals surface area contributed by atoms with Crippen molar-refractivity contribution in [3.8, 4) is 0 Å². The summed E-state index contributed by atoms with van der Waals surface area (Å²) in [5, 5.41) is 7.01. The Labute approximate surface area is 181 Å². The molecule has 3 aromatic heterocycles. The highest BCUT2D eigenvalue weighted by Gasteiger charge is 2.19. The molecule has 6 nitrogen and oxygen atoms in total. The van der Waals surface area contributed by atoms with Gasteiger partial charge in [-0.15, -0.1) is 0 Å². The van der Waals surface area contributed by atoms with Gasteiger partial charge in [-0.2, -0.15) is 5.10 Å². The van der Waals surface area contributed by atoms with E-state index in [1.807, 2.05) is 0 Å². The Hall–Kier alpha value is -4.20. The highest BCUT2D eigenvalue weighted by atomic mass is 19.1. The van der Waals surface area contributed by atoms with Gasteiger partial charge >= 0.3 is 0 Å². The van der Waals surface area contributed by atoms with Crippen LogP contribution < -0.4 is 5.32 Å². The lowest BCUT2D eigenvalue weighted by molar-refractivity contribution is 0.101. The third kappa shape index (κ3) is 3.90. The van der Waals surface area contributed by atoms with Gasteiger partial charge in [0.25, 0.3) is 5.91 Å². The average molecular weight is 432 g/mol. The number of rotatable bonds is 6. The minimum Gasteiger partial charge on any atom is -0.463 e. The smallest absolute Gasteiger partial charge is 0.272 e. The molecule has 0 aliphatic heterocycles. The summed E-state index contributed by atoms with van der Waals surface area (Å²) in [6, 6.07) is 16.1. The number of fused-ring (bicyclic) bond motifs is 1. The Morgan fingerprint density at radius 2 is 1.91 bits per heavy atom. The summed E-state index contributed by atoms with van der Waals surface area (Å²) in [4.78, 5) is 13.0. The fourth-order valence-electron chi connectivity index (χ4n) is 3.66. The maximum Gasteiger partial charge on any atom is 0.272 e. The topological polar surface area (TPSA) is 65.0 Å². The maximum atomic E-state index is 13.9. The molecule has 0 bridgehead atoms. The number of furan rings is 1. The van der Waals surface area contributed by atoms with E-state index in [0.29, 0.717) is 29.1 Å². The molecule has 1 amide bonds. The van der Waals surface area contributed by atoms with Crippen LogP contribution in [0, 0.1) is 11.6 Å². The van der Waals surface area contributed by atoms with Gasteiger partial charge in [-0.05, 0) is 23.8 Å². The Morgan fingerprint density at radius 1 is 1.03 bits per heavy atom. The van der Waals surface area contributed by atoms with Gasteiger partial charge in [0.05, 0.1) is 30.2 Å². The molecule has 0 radical (unpaired) electrons. The van der Waals surface area contributed by atoms with Crippen LogP contribution in [0.15, 0.2) is 83.7 Å². The largest absolute Gasteiger partial charge is 0.463 e. The summed E-state index contributed by atoms with van der Waals surface area (Å²) in [6.07, 6.45) is 4.68. The van der Waals surface area contributed by atoms with Crippen molar-refractivity contribution in [3.05, 3.63) is 108 Å². The molecule has 1 N–H and O–H groups in total. The summed E-state index contributed by atoms with van der Waals surface area (Å²) < 4.78 is 36.3. The highest BCUT2D eigenvalue weighted by Crippen LogP contribution is 2.24. The van der Waals surface area contributed by atoms with Crippen molar-refractivity contribution in [1.82, 2.24) is 14.3 Å². The second-order valence-corrected chi connectivity index (χ2v) is 7.39. The first-order chi connectivity index (χ1) is 15.6. The number of hydrogen-bond donors (Lipinski definition) is 1. The van der Waals surface area contributed by atoms with Gasteiger partial charge in [0, 0.05) is 30.4 Å². The third-order valence-electron chi connectivity index (χ3n) is 5.17. The molecule has 8 heteroatoms. The monoisotopic (exact) mass is 432 g/mol. The number of carbonyl (C=O) groups is 1. The third-order valence-corrected chi connectivity index (χ3v) is 5.17. The molecule has 5 aromatic rings. The molecule has 32 heavy (non-hydrogen) atoms. The molecule has 0 fully saturated rings. The zero-order valence-electron chi connectivity index (χ0n) is 16.8. The van der Waals surface area contributed by atoms with E-state index in [9.17, 15) is 13.6 Å². The number of halogens is 2. The number of carbonyl (C=O) groups excluding carboxylic acids is 1. The van der Waals surface area contributed by atoms with Crippen LogP contribution in [0.5, 0.6) is 0 Å². The molecule has 0 aliphatic carbocycles. The van der Waals surface area contributed by atoms with E-state index < -0.39 is 0 Å². The molecule has 160 valence electrons. The molecular weight excluding hydrogens is 414 g/mol. The van der Waals surface area contributed by atoms with E-state index in [1.165, 1.54) is 24.4 Å². The average Bonchev–Trinajstić information content (AvgIpc) is 3.48. The Kier molecular flexibility index (Phi) is 5.03. The standard InChI is InChI=1S/C24H18F2N4O2/c25-18-6-3-4-16(10-18)13-30-21-8-9-32-23(21)11-22(30)24(31)28-19-12-27-29(15-19)14-17-5-1-2-7-20(17)26/h1-12,15H,13-14H2,(H,28,31). The van der Waals surface area contributed by atoms with E-state index in [0.717, 1.165) is 11.1 Å². The van der Waals surface area contributed by atoms with Crippen LogP contribution in [0.2, 0.25) is 0 Å². The normalized spacial score (nSPS) is 11.2. The minimum absolute atomic E-state index is 0.241. The molecule has 0 saturated heterocycles. The van der Waals surface area contributed by atoms with Gasteiger partial charge in [0.2, 0.25) is 0 Å². The maximum absolute atomic E-state index is 13.9. The second-order valence-electron chi connectivity index (χ2n) is 7.39. The number of hydrogen-bond acceptors (Lipinski definition) is 3. The molecular formula is C24H18F2N4O2. The SMILES string of the molecule is O=C(Nc1cnn(Cc2ccccc2F)c1)c1cc2occc2n1Cc1cccc(F)c1. The lowest BCUT2D eigenvalue weighted by Gasteiger charge is -2.10. The Morgan fingerprint density at radius 3 is 2.75 bits per heavy atom. The van der Waals surface area contributed by atoms with E-state index in [-0.39, 0.29) is 24.1 Å². The highest BCUT2D eigenvalue weighted by molar-refractivity contribution is 6.05. The van der Waals surface area contributed by atoms with Crippen molar-refractivity contribution in [2.45, 2.75) is 13.1 Å². The van der Waals surface area contributed by atoms with Crippen molar-refractivity contribution in [1.29, 1.82) is 0 Å². The van der Waals surface area contributed by atoms with Crippen molar-refractivity contribution in [2.75, 3.05) is 5.32 Å². The first-order valence-corrected chi connectivity index (χ1v) is 9.95. The number of amides is 1. The molecule has 0 unspecified atom stereocenters. The van der Waals surface area contributed by atoms with Gasteiger partial charge in [0.1, 0.15) is 17.3 Å².